The fraction of sp³-hybridized carbons (Fsp3) is 0.476. The largest absolute Gasteiger partial charge is 0.480 e. The third-order valence-corrected chi connectivity index (χ3v) is 5.57. The first kappa shape index (κ1) is 19.4. The van der Waals surface area contributed by atoms with Crippen LogP contribution in [0.2, 0.25) is 0 Å². The number of amides is 2. The summed E-state index contributed by atoms with van der Waals surface area (Å²) >= 11 is 0. The van der Waals surface area contributed by atoms with Crippen molar-refractivity contribution in [2.24, 2.45) is 5.92 Å². The number of anilines is 1. The summed E-state index contributed by atoms with van der Waals surface area (Å²) < 4.78 is 1.78. The third kappa shape index (κ3) is 5.57. The lowest BCUT2D eigenvalue weighted by atomic mass is 9.85. The van der Waals surface area contributed by atoms with Crippen LogP contribution in [0, 0.1) is 5.92 Å². The molecule has 8 nitrogen and oxygen atoms in total. The van der Waals surface area contributed by atoms with Crippen LogP contribution in [-0.2, 0) is 11.3 Å². The number of hydrogen-bond acceptors (Lipinski definition) is 4. The molecule has 0 unspecified atom stereocenters. The molecule has 2 aliphatic rings. The van der Waals surface area contributed by atoms with E-state index < -0.39 is 5.97 Å². The standard InChI is InChI=1S/C21H27N5O3/c27-20(28)14-25(11-16-6-7-16)19-8-17(9-19)23-21(29)24-18-10-22-26(13-18)12-15-4-2-1-3-5-15/h1-5,10,13,16-17,19H,6-9,11-12,14H2,(H,27,28)(H2,23,24,29). The molecule has 0 radical (unpaired) electrons. The van der Waals surface area contributed by atoms with Gasteiger partial charge in [0, 0.05) is 24.8 Å². The SMILES string of the molecule is O=C(O)CN(CC1CC1)C1CC(NC(=O)Nc2cnn(Cc3ccccc3)c2)C1. The summed E-state index contributed by atoms with van der Waals surface area (Å²) in [7, 11) is 0. The van der Waals surface area contributed by atoms with E-state index in [1.54, 1.807) is 17.1 Å². The van der Waals surface area contributed by atoms with Crippen LogP contribution in [0.5, 0.6) is 0 Å². The first-order chi connectivity index (χ1) is 14.0. The van der Waals surface area contributed by atoms with Gasteiger partial charge in [0.2, 0.25) is 0 Å². The van der Waals surface area contributed by atoms with Crippen LogP contribution in [-0.4, -0.2) is 57.0 Å². The van der Waals surface area contributed by atoms with Gasteiger partial charge in [-0.1, -0.05) is 30.3 Å². The highest BCUT2D eigenvalue weighted by Gasteiger charge is 2.37. The summed E-state index contributed by atoms with van der Waals surface area (Å²) in [4.78, 5) is 25.4. The van der Waals surface area contributed by atoms with Crippen LogP contribution in [0.4, 0.5) is 10.5 Å². The number of aliphatic carboxylic acids is 1. The smallest absolute Gasteiger partial charge is 0.319 e. The van der Waals surface area contributed by atoms with Gasteiger partial charge < -0.3 is 15.7 Å². The highest BCUT2D eigenvalue weighted by Crippen LogP contribution is 2.33. The molecule has 2 aromatic rings. The molecule has 1 heterocycles. The van der Waals surface area contributed by atoms with E-state index in [0.717, 1.165) is 24.9 Å². The maximum absolute atomic E-state index is 12.3. The summed E-state index contributed by atoms with van der Waals surface area (Å²) in [6, 6.07) is 10.1. The second kappa shape index (κ2) is 8.65. The lowest BCUT2D eigenvalue weighted by Crippen LogP contribution is -2.55. The van der Waals surface area contributed by atoms with Gasteiger partial charge in [0.1, 0.15) is 0 Å². The molecule has 2 aliphatic carbocycles. The van der Waals surface area contributed by atoms with Crippen molar-refractivity contribution in [3.63, 3.8) is 0 Å². The molecule has 3 N–H and O–H groups in total. The van der Waals surface area contributed by atoms with Crippen LogP contribution in [0.15, 0.2) is 42.7 Å². The molecule has 1 aromatic carbocycles. The van der Waals surface area contributed by atoms with E-state index in [-0.39, 0.29) is 24.7 Å². The molecule has 154 valence electrons. The van der Waals surface area contributed by atoms with Gasteiger partial charge in [0.15, 0.2) is 0 Å². The number of urea groups is 1. The second-order valence-electron chi connectivity index (χ2n) is 8.10. The zero-order valence-electron chi connectivity index (χ0n) is 16.3. The summed E-state index contributed by atoms with van der Waals surface area (Å²) in [6.07, 6.45) is 7.42. The zero-order chi connectivity index (χ0) is 20.2. The molecule has 0 spiro atoms. The van der Waals surface area contributed by atoms with Crippen molar-refractivity contribution in [3.8, 4) is 0 Å². The number of carbonyl (C=O) groups is 2. The van der Waals surface area contributed by atoms with E-state index in [0.29, 0.717) is 18.2 Å². The Labute approximate surface area is 169 Å². The molecule has 0 atom stereocenters. The van der Waals surface area contributed by atoms with Gasteiger partial charge in [-0.3, -0.25) is 14.4 Å². The van der Waals surface area contributed by atoms with Crippen LogP contribution >= 0.6 is 0 Å². The average Bonchev–Trinajstić information content (AvgIpc) is 3.36. The molecular formula is C21H27N5O3. The first-order valence-electron chi connectivity index (χ1n) is 10.1. The van der Waals surface area contributed by atoms with E-state index in [2.05, 4.69) is 20.6 Å². The molecule has 8 heteroatoms. The molecular weight excluding hydrogens is 370 g/mol. The third-order valence-electron chi connectivity index (χ3n) is 5.57. The normalized spacial score (nSPS) is 20.9. The van der Waals surface area contributed by atoms with Crippen molar-refractivity contribution < 1.29 is 14.7 Å². The maximum Gasteiger partial charge on any atom is 0.319 e. The van der Waals surface area contributed by atoms with E-state index in [9.17, 15) is 9.59 Å². The number of nitrogens with one attached hydrogen (secondary N) is 2. The van der Waals surface area contributed by atoms with Crippen molar-refractivity contribution in [2.45, 2.75) is 44.3 Å². The van der Waals surface area contributed by atoms with Gasteiger partial charge in [-0.15, -0.1) is 0 Å². The van der Waals surface area contributed by atoms with Gasteiger partial charge >= 0.3 is 12.0 Å². The van der Waals surface area contributed by atoms with Crippen LogP contribution in [0.1, 0.15) is 31.2 Å². The van der Waals surface area contributed by atoms with Crippen LogP contribution in [0.3, 0.4) is 0 Å². The quantitative estimate of drug-likeness (QED) is 0.603. The molecule has 29 heavy (non-hydrogen) atoms. The monoisotopic (exact) mass is 397 g/mol. The van der Waals surface area contributed by atoms with Crippen molar-refractivity contribution >= 4 is 17.7 Å². The molecule has 0 saturated heterocycles. The van der Waals surface area contributed by atoms with Gasteiger partial charge in [0.25, 0.3) is 0 Å². The Kier molecular flexibility index (Phi) is 5.80. The maximum atomic E-state index is 12.3. The molecule has 0 aliphatic heterocycles. The molecule has 1 aromatic heterocycles. The predicted molar refractivity (Wildman–Crippen MR) is 109 cm³/mol. The number of aromatic nitrogens is 2. The lowest BCUT2D eigenvalue weighted by molar-refractivity contribution is -0.139. The van der Waals surface area contributed by atoms with E-state index >= 15 is 0 Å². The van der Waals surface area contributed by atoms with Crippen molar-refractivity contribution in [1.29, 1.82) is 0 Å². The van der Waals surface area contributed by atoms with Crippen LogP contribution in [0.25, 0.3) is 0 Å². The second-order valence-corrected chi connectivity index (χ2v) is 8.10. The molecule has 2 amide bonds. The Bertz CT molecular complexity index is 843. The topological polar surface area (TPSA) is 99.5 Å². The van der Waals surface area contributed by atoms with E-state index in [1.165, 1.54) is 12.8 Å². The summed E-state index contributed by atoms with van der Waals surface area (Å²) in [5, 5.41) is 19.2. The van der Waals surface area contributed by atoms with E-state index in [4.69, 9.17) is 5.11 Å². The molecule has 4 rings (SSSR count). The van der Waals surface area contributed by atoms with Gasteiger partial charge in [-0.2, -0.15) is 5.10 Å². The minimum absolute atomic E-state index is 0.0786. The number of nitrogens with zero attached hydrogens (tertiary/aromatic N) is 3. The van der Waals surface area contributed by atoms with Crippen molar-refractivity contribution in [3.05, 3.63) is 48.3 Å². The molecule has 2 saturated carbocycles. The van der Waals surface area contributed by atoms with Gasteiger partial charge in [-0.05, 0) is 37.2 Å². The summed E-state index contributed by atoms with van der Waals surface area (Å²) in [5.41, 5.74) is 1.79. The number of benzene rings is 1. The highest BCUT2D eigenvalue weighted by molar-refractivity contribution is 5.89. The zero-order valence-corrected chi connectivity index (χ0v) is 16.3. The highest BCUT2D eigenvalue weighted by atomic mass is 16.4. The number of hydrogen-bond donors (Lipinski definition) is 3. The van der Waals surface area contributed by atoms with E-state index in [1.807, 2.05) is 30.3 Å². The van der Waals surface area contributed by atoms with Crippen molar-refractivity contribution in [1.82, 2.24) is 20.0 Å². The molecule has 2 fully saturated rings. The fourth-order valence-corrected chi connectivity index (χ4v) is 3.79. The number of carbonyl (C=O) groups excluding carboxylic acids is 1. The van der Waals surface area contributed by atoms with Crippen molar-refractivity contribution in [2.75, 3.05) is 18.4 Å². The summed E-state index contributed by atoms with van der Waals surface area (Å²) in [6.45, 7) is 1.59. The minimum atomic E-state index is -0.785. The average molecular weight is 397 g/mol. The number of carboxylic acids is 1. The Balaban J connectivity index is 1.21. The Morgan fingerprint density at radius 1 is 1.21 bits per heavy atom. The Morgan fingerprint density at radius 3 is 2.66 bits per heavy atom. The van der Waals surface area contributed by atoms with Crippen LogP contribution < -0.4 is 10.6 Å². The Hall–Kier alpha value is -2.87. The predicted octanol–water partition coefficient (Wildman–Crippen LogP) is 2.38. The number of carboxylic acid groups (broad SMARTS) is 1. The molecule has 0 bridgehead atoms. The van der Waals surface area contributed by atoms with Gasteiger partial charge in [0.05, 0.1) is 25.0 Å². The Morgan fingerprint density at radius 2 is 1.97 bits per heavy atom. The first-order valence-corrected chi connectivity index (χ1v) is 10.1. The minimum Gasteiger partial charge on any atom is -0.480 e. The summed E-state index contributed by atoms with van der Waals surface area (Å²) in [5.74, 6) is -0.135. The van der Waals surface area contributed by atoms with Gasteiger partial charge in [-0.25, -0.2) is 4.79 Å². The lowest BCUT2D eigenvalue weighted by Gasteiger charge is -2.42. The fourth-order valence-electron chi connectivity index (χ4n) is 3.79. The number of rotatable bonds is 9.